The predicted octanol–water partition coefficient (Wildman–Crippen LogP) is 3.32. The van der Waals surface area contributed by atoms with Crippen LogP contribution < -0.4 is 5.32 Å². The number of rotatable bonds is 4. The molecule has 21 heavy (non-hydrogen) atoms. The molecule has 114 valence electrons. The fourth-order valence-electron chi connectivity index (χ4n) is 1.58. The third-order valence-corrected chi connectivity index (χ3v) is 4.13. The lowest BCUT2D eigenvalue weighted by atomic mass is 10.3. The Bertz CT molecular complexity index is 723. The normalized spacial score (nSPS) is 12.4. The zero-order valence-electron chi connectivity index (χ0n) is 10.3. The van der Waals surface area contributed by atoms with Crippen LogP contribution in [0.5, 0.6) is 0 Å². The molecule has 0 bridgehead atoms. The van der Waals surface area contributed by atoms with E-state index in [2.05, 4.69) is 5.32 Å². The molecule has 1 N–H and O–H groups in total. The number of furan rings is 1. The number of anilines is 1. The van der Waals surface area contributed by atoms with Gasteiger partial charge >= 0.3 is 5.51 Å². The van der Waals surface area contributed by atoms with Crippen LogP contribution in [-0.4, -0.2) is 13.9 Å². The first-order valence-electron chi connectivity index (χ1n) is 5.57. The van der Waals surface area contributed by atoms with Gasteiger partial charge in [-0.05, 0) is 24.3 Å². The van der Waals surface area contributed by atoms with Crippen molar-refractivity contribution < 1.29 is 30.4 Å². The average Bonchev–Trinajstić information content (AvgIpc) is 2.89. The number of hydrogen-bond donors (Lipinski definition) is 1. The summed E-state index contributed by atoms with van der Waals surface area (Å²) in [6.07, 6.45) is 2.70. The van der Waals surface area contributed by atoms with Crippen LogP contribution in [0.1, 0.15) is 5.56 Å². The van der Waals surface area contributed by atoms with Crippen molar-refractivity contribution in [2.75, 3.05) is 5.32 Å². The molecule has 0 fully saturated rings. The monoisotopic (exact) mass is 323 g/mol. The molecule has 0 aliphatic carbocycles. The molecule has 1 heterocycles. The van der Waals surface area contributed by atoms with Crippen LogP contribution in [0.2, 0.25) is 0 Å². The van der Waals surface area contributed by atoms with Gasteiger partial charge < -0.3 is 9.73 Å². The summed E-state index contributed by atoms with van der Waals surface area (Å²) >= 11 is 0. The maximum absolute atomic E-state index is 13.1. The van der Waals surface area contributed by atoms with E-state index in [0.717, 1.165) is 12.1 Å². The summed E-state index contributed by atoms with van der Waals surface area (Å²) in [4.78, 5) is -1.15. The Kier molecular flexibility index (Phi) is 3.95. The van der Waals surface area contributed by atoms with E-state index >= 15 is 0 Å². The molecule has 0 unspecified atom stereocenters. The van der Waals surface area contributed by atoms with E-state index in [0.29, 0.717) is 11.6 Å². The van der Waals surface area contributed by atoms with Crippen LogP contribution in [0.25, 0.3) is 0 Å². The van der Waals surface area contributed by atoms with Crippen molar-refractivity contribution in [3.05, 3.63) is 48.2 Å². The van der Waals surface area contributed by atoms with Gasteiger partial charge in [0, 0.05) is 12.1 Å². The highest BCUT2D eigenvalue weighted by molar-refractivity contribution is 7.92. The molecule has 0 amide bonds. The summed E-state index contributed by atoms with van der Waals surface area (Å²) in [5.74, 6) is -1.08. The van der Waals surface area contributed by atoms with E-state index in [1.807, 2.05) is 0 Å². The van der Waals surface area contributed by atoms with Crippen molar-refractivity contribution in [2.45, 2.75) is 16.9 Å². The second kappa shape index (κ2) is 5.40. The highest BCUT2D eigenvalue weighted by atomic mass is 32.2. The van der Waals surface area contributed by atoms with Crippen molar-refractivity contribution in [3.8, 4) is 0 Å². The zero-order valence-corrected chi connectivity index (χ0v) is 11.1. The molecular weight excluding hydrogens is 314 g/mol. The lowest BCUT2D eigenvalue weighted by Crippen LogP contribution is -2.24. The molecule has 0 saturated carbocycles. The molecule has 0 spiro atoms. The largest absolute Gasteiger partial charge is 0.501 e. The fourth-order valence-corrected chi connectivity index (χ4v) is 2.53. The van der Waals surface area contributed by atoms with Crippen LogP contribution in [-0.2, 0) is 16.4 Å². The van der Waals surface area contributed by atoms with Crippen molar-refractivity contribution in [3.63, 3.8) is 0 Å². The van der Waals surface area contributed by atoms with Gasteiger partial charge in [-0.3, -0.25) is 0 Å². The van der Waals surface area contributed by atoms with Crippen LogP contribution in [0.3, 0.4) is 0 Å². The molecule has 2 aromatic rings. The van der Waals surface area contributed by atoms with Crippen molar-refractivity contribution in [1.29, 1.82) is 0 Å². The number of sulfone groups is 1. The highest BCUT2D eigenvalue weighted by Crippen LogP contribution is 2.34. The van der Waals surface area contributed by atoms with E-state index in [-0.39, 0.29) is 12.2 Å². The first kappa shape index (κ1) is 15.4. The smallest absolute Gasteiger partial charge is 0.472 e. The summed E-state index contributed by atoms with van der Waals surface area (Å²) in [6.45, 7) is 0.0303. The van der Waals surface area contributed by atoms with Crippen LogP contribution in [0, 0.1) is 5.82 Å². The van der Waals surface area contributed by atoms with E-state index in [9.17, 15) is 26.0 Å². The topological polar surface area (TPSA) is 59.3 Å². The number of halogens is 4. The molecule has 0 radical (unpaired) electrons. The average molecular weight is 323 g/mol. The van der Waals surface area contributed by atoms with Crippen LogP contribution >= 0.6 is 0 Å². The van der Waals surface area contributed by atoms with E-state index in [1.165, 1.54) is 12.5 Å². The third kappa shape index (κ3) is 3.18. The Morgan fingerprint density at radius 2 is 1.90 bits per heavy atom. The molecule has 1 aromatic heterocycles. The van der Waals surface area contributed by atoms with Crippen LogP contribution in [0.15, 0.2) is 46.1 Å². The zero-order chi connectivity index (χ0) is 15.7. The Morgan fingerprint density at radius 3 is 2.48 bits per heavy atom. The third-order valence-electron chi connectivity index (χ3n) is 2.60. The van der Waals surface area contributed by atoms with Crippen LogP contribution in [0.4, 0.5) is 23.2 Å². The van der Waals surface area contributed by atoms with Crippen molar-refractivity contribution >= 4 is 15.5 Å². The van der Waals surface area contributed by atoms with Gasteiger partial charge in [0.05, 0.1) is 18.2 Å². The minimum Gasteiger partial charge on any atom is -0.472 e. The number of nitrogens with one attached hydrogen (secondary N) is 1. The minimum absolute atomic E-state index is 0.0303. The molecule has 0 saturated heterocycles. The van der Waals surface area contributed by atoms with Crippen molar-refractivity contribution in [1.82, 2.24) is 0 Å². The quantitative estimate of drug-likeness (QED) is 0.877. The lowest BCUT2D eigenvalue weighted by Gasteiger charge is -2.14. The Hall–Kier alpha value is -2.03. The maximum atomic E-state index is 13.1. The highest BCUT2D eigenvalue weighted by Gasteiger charge is 2.48. The number of alkyl halides is 3. The van der Waals surface area contributed by atoms with Gasteiger partial charge in [0.1, 0.15) is 10.7 Å². The molecule has 4 nitrogen and oxygen atoms in total. The summed E-state index contributed by atoms with van der Waals surface area (Å²) in [5.41, 5.74) is -5.25. The Labute approximate surface area is 117 Å². The molecular formula is C12H9F4NO3S. The molecule has 0 atom stereocenters. The standard InChI is InChI=1S/C12H9F4NO3S/c13-9-1-2-10(17-6-8-3-4-20-7-8)11(5-9)21(18,19)12(14,15)16/h1-5,7,17H,6H2. The predicted molar refractivity (Wildman–Crippen MR) is 65.7 cm³/mol. The first-order valence-corrected chi connectivity index (χ1v) is 7.06. The second-order valence-electron chi connectivity index (χ2n) is 4.07. The number of benzene rings is 1. The molecule has 0 aliphatic rings. The van der Waals surface area contributed by atoms with Gasteiger partial charge in [-0.15, -0.1) is 0 Å². The first-order chi connectivity index (χ1) is 9.72. The van der Waals surface area contributed by atoms with Gasteiger partial charge in [-0.25, -0.2) is 12.8 Å². The second-order valence-corrected chi connectivity index (χ2v) is 5.98. The fraction of sp³-hybridized carbons (Fsp3) is 0.167. The van der Waals surface area contributed by atoms with E-state index < -0.39 is 26.1 Å². The SMILES string of the molecule is O=S(=O)(c1cc(F)ccc1NCc1ccoc1)C(F)(F)F. The van der Waals surface area contributed by atoms with Gasteiger partial charge in [-0.1, -0.05) is 0 Å². The van der Waals surface area contributed by atoms with E-state index in [4.69, 9.17) is 4.42 Å². The molecule has 2 rings (SSSR count). The number of hydrogen-bond acceptors (Lipinski definition) is 4. The Balaban J connectivity index is 2.39. The summed E-state index contributed by atoms with van der Waals surface area (Å²) < 4.78 is 78.5. The van der Waals surface area contributed by atoms with Gasteiger partial charge in [-0.2, -0.15) is 13.2 Å². The van der Waals surface area contributed by atoms with Gasteiger partial charge in [0.15, 0.2) is 0 Å². The minimum atomic E-state index is -5.65. The van der Waals surface area contributed by atoms with E-state index in [1.54, 1.807) is 6.07 Å². The molecule has 9 heteroatoms. The lowest BCUT2D eigenvalue weighted by molar-refractivity contribution is -0.0435. The molecule has 1 aromatic carbocycles. The molecule has 0 aliphatic heterocycles. The van der Waals surface area contributed by atoms with Gasteiger partial charge in [0.25, 0.3) is 9.84 Å². The van der Waals surface area contributed by atoms with Crippen molar-refractivity contribution in [2.24, 2.45) is 0 Å². The maximum Gasteiger partial charge on any atom is 0.501 e. The summed E-state index contributed by atoms with van der Waals surface area (Å²) in [5, 5.41) is 2.52. The van der Waals surface area contributed by atoms with Gasteiger partial charge in [0.2, 0.25) is 0 Å². The Morgan fingerprint density at radius 1 is 1.19 bits per heavy atom. The summed E-state index contributed by atoms with van der Waals surface area (Å²) in [7, 11) is -5.65. The summed E-state index contributed by atoms with van der Waals surface area (Å²) in [6, 6.07) is 3.69.